The molecule has 0 aliphatic carbocycles. The van der Waals surface area contributed by atoms with Gasteiger partial charge in [-0.25, -0.2) is 0 Å². The number of nitrogens with two attached hydrogens (primary N) is 1. The Morgan fingerprint density at radius 3 is 2.43 bits per heavy atom. The van der Waals surface area contributed by atoms with E-state index in [0.29, 0.717) is 11.5 Å². The summed E-state index contributed by atoms with van der Waals surface area (Å²) in [5, 5.41) is 5.18. The number of rotatable bonds is 6. The van der Waals surface area contributed by atoms with Crippen LogP contribution in [0.15, 0.2) is 12.1 Å². The maximum absolute atomic E-state index is 12.1. The molecule has 0 unspecified atom stereocenters. The van der Waals surface area contributed by atoms with E-state index in [1.54, 1.807) is 6.07 Å². The first-order chi connectivity index (χ1) is 9.88. The van der Waals surface area contributed by atoms with Crippen molar-refractivity contribution < 1.29 is 19.1 Å². The van der Waals surface area contributed by atoms with E-state index in [1.165, 1.54) is 20.3 Å². The van der Waals surface area contributed by atoms with E-state index in [4.69, 9.17) is 15.2 Å². The van der Waals surface area contributed by atoms with Crippen LogP contribution in [0.2, 0.25) is 0 Å². The third-order valence-corrected chi connectivity index (χ3v) is 2.67. The lowest BCUT2D eigenvalue weighted by molar-refractivity contribution is -0.120. The van der Waals surface area contributed by atoms with Crippen molar-refractivity contribution in [1.29, 1.82) is 0 Å². The molecule has 0 bridgehead atoms. The Labute approximate surface area is 123 Å². The van der Waals surface area contributed by atoms with Gasteiger partial charge in [0.05, 0.1) is 32.0 Å². The highest BCUT2D eigenvalue weighted by molar-refractivity contribution is 6.02. The van der Waals surface area contributed by atoms with Crippen LogP contribution in [0.25, 0.3) is 0 Å². The number of carbonyl (C=O) groups is 2. The molecule has 0 atom stereocenters. The molecule has 0 aromatic heterocycles. The fourth-order valence-corrected chi connectivity index (χ4v) is 1.70. The zero-order valence-corrected chi connectivity index (χ0v) is 12.6. The SMILES string of the molecule is COc1cc(OC)c(N)c(C(=O)NCC(=O)NC(C)C)c1. The van der Waals surface area contributed by atoms with Gasteiger partial charge in [0.1, 0.15) is 11.5 Å². The lowest BCUT2D eigenvalue weighted by atomic mass is 10.1. The molecular weight excluding hydrogens is 274 g/mol. The molecule has 0 heterocycles. The number of ether oxygens (including phenoxy) is 2. The van der Waals surface area contributed by atoms with Crippen molar-refractivity contribution in [2.24, 2.45) is 0 Å². The normalized spacial score (nSPS) is 10.1. The summed E-state index contributed by atoms with van der Waals surface area (Å²) in [7, 11) is 2.92. The number of benzene rings is 1. The molecule has 1 rings (SSSR count). The van der Waals surface area contributed by atoms with Gasteiger partial charge in [-0.2, -0.15) is 0 Å². The highest BCUT2D eigenvalue weighted by atomic mass is 16.5. The Morgan fingerprint density at radius 1 is 1.24 bits per heavy atom. The minimum atomic E-state index is -0.469. The van der Waals surface area contributed by atoms with Gasteiger partial charge < -0.3 is 25.8 Å². The summed E-state index contributed by atoms with van der Waals surface area (Å²) in [4.78, 5) is 23.6. The fourth-order valence-electron chi connectivity index (χ4n) is 1.70. The predicted octanol–water partition coefficient (Wildman–Crippen LogP) is 0.540. The molecule has 0 fully saturated rings. The predicted molar refractivity (Wildman–Crippen MR) is 79.6 cm³/mol. The van der Waals surface area contributed by atoms with E-state index in [0.717, 1.165) is 0 Å². The summed E-state index contributed by atoms with van der Waals surface area (Å²) >= 11 is 0. The largest absolute Gasteiger partial charge is 0.497 e. The second-order valence-electron chi connectivity index (χ2n) is 4.70. The Morgan fingerprint density at radius 2 is 1.90 bits per heavy atom. The van der Waals surface area contributed by atoms with Crippen LogP contribution in [-0.2, 0) is 4.79 Å². The zero-order chi connectivity index (χ0) is 16.0. The maximum Gasteiger partial charge on any atom is 0.254 e. The standard InChI is InChI=1S/C14H21N3O4/c1-8(2)17-12(18)7-16-14(19)10-5-9(20-3)6-11(21-4)13(10)15/h5-6,8H,7,15H2,1-4H3,(H,16,19)(H,17,18). The minimum Gasteiger partial charge on any atom is -0.497 e. The molecule has 1 aromatic carbocycles. The molecule has 116 valence electrons. The molecule has 0 saturated heterocycles. The highest BCUT2D eigenvalue weighted by Crippen LogP contribution is 2.30. The first-order valence-electron chi connectivity index (χ1n) is 6.48. The van der Waals surface area contributed by atoms with Crippen LogP contribution in [0.1, 0.15) is 24.2 Å². The highest BCUT2D eigenvalue weighted by Gasteiger charge is 2.16. The van der Waals surface area contributed by atoms with Gasteiger partial charge in [-0.05, 0) is 19.9 Å². The van der Waals surface area contributed by atoms with Gasteiger partial charge in [0.2, 0.25) is 5.91 Å². The second kappa shape index (κ2) is 7.37. The molecule has 0 aliphatic heterocycles. The first-order valence-corrected chi connectivity index (χ1v) is 6.48. The van der Waals surface area contributed by atoms with E-state index in [1.807, 2.05) is 13.8 Å². The van der Waals surface area contributed by atoms with Gasteiger partial charge in [0, 0.05) is 12.1 Å². The van der Waals surface area contributed by atoms with Crippen molar-refractivity contribution in [2.75, 3.05) is 26.5 Å². The molecule has 0 radical (unpaired) electrons. The molecule has 21 heavy (non-hydrogen) atoms. The molecule has 2 amide bonds. The number of methoxy groups -OCH3 is 2. The van der Waals surface area contributed by atoms with Gasteiger partial charge in [-0.1, -0.05) is 0 Å². The minimum absolute atomic E-state index is 0.0105. The molecule has 0 aliphatic rings. The van der Waals surface area contributed by atoms with E-state index in [2.05, 4.69) is 10.6 Å². The van der Waals surface area contributed by atoms with Crippen LogP contribution >= 0.6 is 0 Å². The monoisotopic (exact) mass is 295 g/mol. The van der Waals surface area contributed by atoms with Crippen LogP contribution in [0.3, 0.4) is 0 Å². The average molecular weight is 295 g/mol. The van der Waals surface area contributed by atoms with Crippen LogP contribution < -0.4 is 25.8 Å². The zero-order valence-electron chi connectivity index (χ0n) is 12.6. The topological polar surface area (TPSA) is 103 Å². The van der Waals surface area contributed by atoms with Gasteiger partial charge >= 0.3 is 0 Å². The number of hydrogen-bond donors (Lipinski definition) is 3. The number of amides is 2. The van der Waals surface area contributed by atoms with Gasteiger partial charge in [-0.15, -0.1) is 0 Å². The average Bonchev–Trinajstić information content (AvgIpc) is 2.44. The molecule has 0 spiro atoms. The van der Waals surface area contributed by atoms with Crippen molar-refractivity contribution in [2.45, 2.75) is 19.9 Å². The number of nitrogens with one attached hydrogen (secondary N) is 2. The van der Waals surface area contributed by atoms with Crippen molar-refractivity contribution in [3.05, 3.63) is 17.7 Å². The summed E-state index contributed by atoms with van der Waals surface area (Å²) in [6, 6.07) is 3.09. The van der Waals surface area contributed by atoms with Crippen LogP contribution in [-0.4, -0.2) is 38.6 Å². The molecule has 7 nitrogen and oxygen atoms in total. The quantitative estimate of drug-likeness (QED) is 0.665. The molecule has 1 aromatic rings. The molecule has 7 heteroatoms. The number of nitrogen functional groups attached to an aromatic ring is 1. The van der Waals surface area contributed by atoms with Crippen molar-refractivity contribution in [3.63, 3.8) is 0 Å². The van der Waals surface area contributed by atoms with Gasteiger partial charge in [0.25, 0.3) is 5.91 Å². The molecule has 0 saturated carbocycles. The number of hydrogen-bond acceptors (Lipinski definition) is 5. The smallest absolute Gasteiger partial charge is 0.254 e. The van der Waals surface area contributed by atoms with Gasteiger partial charge in [-0.3, -0.25) is 9.59 Å². The van der Waals surface area contributed by atoms with Crippen LogP contribution in [0.5, 0.6) is 11.5 Å². The van der Waals surface area contributed by atoms with Crippen LogP contribution in [0, 0.1) is 0 Å². The second-order valence-corrected chi connectivity index (χ2v) is 4.70. The third-order valence-electron chi connectivity index (χ3n) is 2.67. The Bertz CT molecular complexity index is 529. The van der Waals surface area contributed by atoms with E-state index in [9.17, 15) is 9.59 Å². The van der Waals surface area contributed by atoms with E-state index < -0.39 is 5.91 Å². The number of anilines is 1. The van der Waals surface area contributed by atoms with E-state index >= 15 is 0 Å². The molecule has 4 N–H and O–H groups in total. The summed E-state index contributed by atoms with van der Waals surface area (Å²) in [6.07, 6.45) is 0. The fraction of sp³-hybridized carbons (Fsp3) is 0.429. The summed E-state index contributed by atoms with van der Waals surface area (Å²) < 4.78 is 10.2. The summed E-state index contributed by atoms with van der Waals surface area (Å²) in [5.41, 5.74) is 6.26. The summed E-state index contributed by atoms with van der Waals surface area (Å²) in [6.45, 7) is 3.55. The Kier molecular flexibility index (Phi) is 5.83. The third kappa shape index (κ3) is 4.55. The maximum atomic E-state index is 12.1. The van der Waals surface area contributed by atoms with E-state index in [-0.39, 0.29) is 29.7 Å². The van der Waals surface area contributed by atoms with Crippen LogP contribution in [0.4, 0.5) is 5.69 Å². The Hall–Kier alpha value is -2.44. The molecular formula is C14H21N3O4. The lowest BCUT2D eigenvalue weighted by Gasteiger charge is -2.13. The van der Waals surface area contributed by atoms with Crippen molar-refractivity contribution in [3.8, 4) is 11.5 Å². The van der Waals surface area contributed by atoms with Crippen molar-refractivity contribution >= 4 is 17.5 Å². The van der Waals surface area contributed by atoms with Gasteiger partial charge in [0.15, 0.2) is 0 Å². The Balaban J connectivity index is 2.84. The summed E-state index contributed by atoms with van der Waals surface area (Å²) in [5.74, 6) is 0.0411. The first kappa shape index (κ1) is 16.6. The van der Waals surface area contributed by atoms with Crippen molar-refractivity contribution in [1.82, 2.24) is 10.6 Å². The number of carbonyl (C=O) groups excluding carboxylic acids is 2. The lowest BCUT2D eigenvalue weighted by Crippen LogP contribution is -2.40.